The molecule has 2 N–H and O–H groups in total. The molecule has 22 heavy (non-hydrogen) atoms. The van der Waals surface area contributed by atoms with Crippen molar-refractivity contribution in [3.8, 4) is 0 Å². The predicted molar refractivity (Wildman–Crippen MR) is 87.3 cm³/mol. The Morgan fingerprint density at radius 1 is 1.32 bits per heavy atom. The number of rotatable bonds is 4. The van der Waals surface area contributed by atoms with Crippen LogP contribution in [-0.4, -0.2) is 40.0 Å². The van der Waals surface area contributed by atoms with Crippen LogP contribution in [0.5, 0.6) is 0 Å². The Morgan fingerprint density at radius 2 is 2.05 bits per heavy atom. The van der Waals surface area contributed by atoms with Crippen molar-refractivity contribution in [2.75, 3.05) is 17.3 Å². The van der Waals surface area contributed by atoms with Gasteiger partial charge in [0, 0.05) is 16.7 Å². The van der Waals surface area contributed by atoms with Gasteiger partial charge in [0.2, 0.25) is 5.16 Å². The third kappa shape index (κ3) is 3.56. The summed E-state index contributed by atoms with van der Waals surface area (Å²) >= 11 is 7.24. The molecule has 3 rings (SSSR count). The van der Waals surface area contributed by atoms with Crippen LogP contribution in [0.4, 0.5) is 0 Å². The standard InChI is InChI=1S/C13H15ClN4O2S2/c14-10-3-1-9(2-4-10)7-12-16-17-13(18(12)15)21-11-5-6-22(19,20)8-11/h1-4,11H,5-8,15H2. The van der Waals surface area contributed by atoms with Gasteiger partial charge in [-0.05, 0) is 24.1 Å². The number of sulfone groups is 1. The van der Waals surface area contributed by atoms with E-state index in [0.29, 0.717) is 28.8 Å². The zero-order valence-corrected chi connectivity index (χ0v) is 14.0. The van der Waals surface area contributed by atoms with Crippen LogP contribution >= 0.6 is 23.4 Å². The second-order valence-corrected chi connectivity index (χ2v) is 9.15. The zero-order valence-electron chi connectivity index (χ0n) is 11.6. The maximum Gasteiger partial charge on any atom is 0.210 e. The highest BCUT2D eigenvalue weighted by molar-refractivity contribution is 8.01. The quantitative estimate of drug-likeness (QED) is 0.833. The second-order valence-electron chi connectivity index (χ2n) is 5.21. The predicted octanol–water partition coefficient (Wildman–Crippen LogP) is 1.52. The molecule has 2 aromatic rings. The molecule has 1 atom stereocenters. The second kappa shape index (κ2) is 6.10. The average Bonchev–Trinajstić information content (AvgIpc) is 2.98. The number of halogens is 1. The molecule has 9 heteroatoms. The number of thioether (sulfide) groups is 1. The topological polar surface area (TPSA) is 90.9 Å². The van der Waals surface area contributed by atoms with E-state index in [4.69, 9.17) is 17.4 Å². The van der Waals surface area contributed by atoms with E-state index in [1.54, 1.807) is 0 Å². The monoisotopic (exact) mass is 358 g/mol. The van der Waals surface area contributed by atoms with Crippen molar-refractivity contribution in [2.24, 2.45) is 0 Å². The van der Waals surface area contributed by atoms with Gasteiger partial charge in [-0.15, -0.1) is 10.2 Å². The van der Waals surface area contributed by atoms with E-state index in [1.165, 1.54) is 16.4 Å². The van der Waals surface area contributed by atoms with Gasteiger partial charge >= 0.3 is 0 Å². The maximum atomic E-state index is 11.5. The number of hydrogen-bond acceptors (Lipinski definition) is 6. The van der Waals surface area contributed by atoms with Crippen molar-refractivity contribution < 1.29 is 8.42 Å². The summed E-state index contributed by atoms with van der Waals surface area (Å²) in [4.78, 5) is 0. The molecule has 1 aromatic carbocycles. The van der Waals surface area contributed by atoms with E-state index in [9.17, 15) is 8.42 Å². The minimum atomic E-state index is -2.91. The summed E-state index contributed by atoms with van der Waals surface area (Å²) in [6.45, 7) is 0. The lowest BCUT2D eigenvalue weighted by molar-refractivity contribution is 0.602. The highest BCUT2D eigenvalue weighted by atomic mass is 35.5. The molecule has 1 aromatic heterocycles. The third-order valence-electron chi connectivity index (χ3n) is 3.47. The van der Waals surface area contributed by atoms with Gasteiger partial charge in [-0.2, -0.15) is 0 Å². The molecule has 0 amide bonds. The van der Waals surface area contributed by atoms with Gasteiger partial charge in [-0.25, -0.2) is 13.1 Å². The van der Waals surface area contributed by atoms with Crippen molar-refractivity contribution in [2.45, 2.75) is 23.2 Å². The van der Waals surface area contributed by atoms with Crippen LogP contribution in [-0.2, 0) is 16.3 Å². The number of nitrogen functional groups attached to an aromatic ring is 1. The molecule has 6 nitrogen and oxygen atoms in total. The number of benzene rings is 1. The van der Waals surface area contributed by atoms with Crippen LogP contribution in [0.1, 0.15) is 17.8 Å². The summed E-state index contributed by atoms with van der Waals surface area (Å²) in [5.41, 5.74) is 1.03. The zero-order chi connectivity index (χ0) is 15.7. The molecule has 0 saturated carbocycles. The van der Waals surface area contributed by atoms with Crippen molar-refractivity contribution in [1.29, 1.82) is 0 Å². The lowest BCUT2D eigenvalue weighted by Crippen LogP contribution is -2.16. The molecule has 0 aliphatic carbocycles. The van der Waals surface area contributed by atoms with E-state index in [0.717, 1.165) is 5.56 Å². The van der Waals surface area contributed by atoms with E-state index in [1.807, 2.05) is 24.3 Å². The summed E-state index contributed by atoms with van der Waals surface area (Å²) < 4.78 is 24.4. The lowest BCUT2D eigenvalue weighted by Gasteiger charge is -2.07. The molecule has 1 fully saturated rings. The summed E-state index contributed by atoms with van der Waals surface area (Å²) in [6.07, 6.45) is 1.18. The van der Waals surface area contributed by atoms with Gasteiger partial charge in [0.1, 0.15) is 0 Å². The van der Waals surface area contributed by atoms with E-state index >= 15 is 0 Å². The molecule has 1 aliphatic rings. The minimum Gasteiger partial charge on any atom is -0.336 e. The molecule has 0 bridgehead atoms. The van der Waals surface area contributed by atoms with Gasteiger partial charge in [0.15, 0.2) is 15.7 Å². The van der Waals surface area contributed by atoms with Crippen LogP contribution in [0.15, 0.2) is 29.4 Å². The number of aromatic nitrogens is 3. The SMILES string of the molecule is Nn1c(Cc2ccc(Cl)cc2)nnc1SC1CCS(=O)(=O)C1. The maximum absolute atomic E-state index is 11.5. The number of nitrogens with zero attached hydrogens (tertiary/aromatic N) is 3. The first-order chi connectivity index (χ1) is 10.4. The van der Waals surface area contributed by atoms with Crippen LogP contribution in [0.3, 0.4) is 0 Å². The summed E-state index contributed by atoms with van der Waals surface area (Å²) in [6, 6.07) is 7.45. The fraction of sp³-hybridized carbons (Fsp3) is 0.385. The molecular weight excluding hydrogens is 344 g/mol. The van der Waals surface area contributed by atoms with Gasteiger partial charge < -0.3 is 5.84 Å². The van der Waals surface area contributed by atoms with Crippen molar-refractivity contribution in [3.63, 3.8) is 0 Å². The van der Waals surface area contributed by atoms with E-state index in [2.05, 4.69) is 10.2 Å². The van der Waals surface area contributed by atoms with Crippen molar-refractivity contribution in [3.05, 3.63) is 40.7 Å². The molecule has 0 radical (unpaired) electrons. The van der Waals surface area contributed by atoms with Crippen LogP contribution in [0, 0.1) is 0 Å². The van der Waals surface area contributed by atoms with Gasteiger partial charge in [0.25, 0.3) is 0 Å². The molecular formula is C13H15ClN4O2S2. The van der Waals surface area contributed by atoms with Gasteiger partial charge in [0.05, 0.1) is 11.5 Å². The molecule has 118 valence electrons. The molecule has 0 spiro atoms. The molecule has 1 aliphatic heterocycles. The number of hydrogen-bond donors (Lipinski definition) is 1. The molecule has 1 unspecified atom stereocenters. The van der Waals surface area contributed by atoms with Gasteiger partial charge in [-0.1, -0.05) is 35.5 Å². The first kappa shape index (κ1) is 15.6. The molecule has 1 saturated heterocycles. The Morgan fingerprint density at radius 3 is 2.68 bits per heavy atom. The lowest BCUT2D eigenvalue weighted by atomic mass is 10.1. The summed E-state index contributed by atoms with van der Waals surface area (Å²) in [5, 5.41) is 9.39. The first-order valence-electron chi connectivity index (χ1n) is 6.74. The van der Waals surface area contributed by atoms with Crippen LogP contribution in [0.25, 0.3) is 0 Å². The summed E-state index contributed by atoms with van der Waals surface area (Å²) in [5.74, 6) is 7.07. The van der Waals surface area contributed by atoms with E-state index in [-0.39, 0.29) is 16.8 Å². The Labute approximate surface area is 137 Å². The molecule has 2 heterocycles. The minimum absolute atomic E-state index is 0.000109. The van der Waals surface area contributed by atoms with Crippen LogP contribution in [0.2, 0.25) is 5.02 Å². The van der Waals surface area contributed by atoms with Crippen LogP contribution < -0.4 is 5.84 Å². The van der Waals surface area contributed by atoms with Gasteiger partial charge in [-0.3, -0.25) is 0 Å². The fourth-order valence-electron chi connectivity index (χ4n) is 2.30. The summed E-state index contributed by atoms with van der Waals surface area (Å²) in [7, 11) is -2.91. The Bertz CT molecular complexity index is 774. The highest BCUT2D eigenvalue weighted by Gasteiger charge is 2.30. The van der Waals surface area contributed by atoms with Crippen molar-refractivity contribution in [1.82, 2.24) is 14.9 Å². The highest BCUT2D eigenvalue weighted by Crippen LogP contribution is 2.29. The number of nitrogens with two attached hydrogens (primary N) is 1. The largest absolute Gasteiger partial charge is 0.336 e. The average molecular weight is 359 g/mol. The Balaban J connectivity index is 1.71. The fourth-order valence-corrected chi connectivity index (χ4v) is 5.85. The normalized spacial score (nSPS) is 20.3. The Hall–Kier alpha value is -1.25. The third-order valence-corrected chi connectivity index (χ3v) is 6.93. The Kier molecular flexibility index (Phi) is 4.33. The smallest absolute Gasteiger partial charge is 0.210 e. The van der Waals surface area contributed by atoms with E-state index < -0.39 is 9.84 Å². The first-order valence-corrected chi connectivity index (χ1v) is 9.82. The van der Waals surface area contributed by atoms with Crippen molar-refractivity contribution >= 4 is 33.2 Å².